The molecule has 0 radical (unpaired) electrons. The Kier molecular flexibility index (Phi) is 3.87. The maximum Gasteiger partial charge on any atom is 0.225 e. The second-order valence-electron chi connectivity index (χ2n) is 6.05. The zero-order valence-corrected chi connectivity index (χ0v) is 13.2. The number of hydrogen-bond donors (Lipinski definition) is 1. The molecule has 1 fully saturated rings. The molecule has 4 heteroatoms. The molecule has 1 aliphatic carbocycles. The van der Waals surface area contributed by atoms with Crippen LogP contribution in [0.3, 0.4) is 0 Å². The Balaban J connectivity index is 1.69. The van der Waals surface area contributed by atoms with E-state index in [0.717, 1.165) is 43.1 Å². The number of hydrogen-bond acceptors (Lipinski definition) is 2. The van der Waals surface area contributed by atoms with Crippen molar-refractivity contribution in [3.05, 3.63) is 33.8 Å². The molecule has 2 aliphatic rings. The minimum Gasteiger partial charge on any atom is -0.389 e. The van der Waals surface area contributed by atoms with Gasteiger partial charge in [0.15, 0.2) is 0 Å². The lowest BCUT2D eigenvalue weighted by Gasteiger charge is -2.32. The fourth-order valence-corrected chi connectivity index (χ4v) is 3.98. The zero-order valence-electron chi connectivity index (χ0n) is 11.6. The molecule has 1 N–H and O–H groups in total. The molecule has 0 bridgehead atoms. The molecule has 20 heavy (non-hydrogen) atoms. The van der Waals surface area contributed by atoms with Crippen LogP contribution >= 0.6 is 15.9 Å². The molecule has 1 heterocycles. The van der Waals surface area contributed by atoms with Gasteiger partial charge in [-0.2, -0.15) is 0 Å². The average Bonchev–Trinajstić information content (AvgIpc) is 2.85. The average molecular weight is 338 g/mol. The zero-order chi connectivity index (χ0) is 14.2. The number of halogens is 1. The number of nitrogens with zero attached hydrogens (tertiary/aromatic N) is 1. The van der Waals surface area contributed by atoms with Crippen LogP contribution in [0.25, 0.3) is 0 Å². The van der Waals surface area contributed by atoms with Crippen molar-refractivity contribution < 1.29 is 9.90 Å². The first kappa shape index (κ1) is 14.1. The lowest BCUT2D eigenvalue weighted by Crippen LogP contribution is -2.40. The first-order chi connectivity index (χ1) is 9.57. The molecular formula is C16H20BrNO2. The third-order valence-corrected chi connectivity index (χ3v) is 5.32. The minimum atomic E-state index is -0.741. The highest BCUT2D eigenvalue weighted by atomic mass is 79.9. The molecule has 1 aromatic carbocycles. The second-order valence-corrected chi connectivity index (χ2v) is 6.91. The van der Waals surface area contributed by atoms with Crippen LogP contribution in [0.4, 0.5) is 0 Å². The molecule has 108 valence electrons. The van der Waals surface area contributed by atoms with E-state index < -0.39 is 5.60 Å². The van der Waals surface area contributed by atoms with Gasteiger partial charge in [0.1, 0.15) is 0 Å². The van der Waals surface area contributed by atoms with Crippen LogP contribution in [0.15, 0.2) is 22.7 Å². The molecule has 1 saturated carbocycles. The second kappa shape index (κ2) is 5.49. The van der Waals surface area contributed by atoms with E-state index in [1.807, 2.05) is 11.0 Å². The number of rotatable bonds is 2. The molecule has 3 rings (SSSR count). The standard InChI is InChI=1S/C16H20BrNO2/c17-14-5-3-4-12-11-18(9-6-13(12)14)15(19)10-16(20)7-1-2-8-16/h3-5,20H,1-2,6-11H2. The highest BCUT2D eigenvalue weighted by Gasteiger charge is 2.35. The van der Waals surface area contributed by atoms with E-state index in [-0.39, 0.29) is 12.3 Å². The molecule has 0 saturated heterocycles. The summed E-state index contributed by atoms with van der Waals surface area (Å²) in [5, 5.41) is 10.4. The van der Waals surface area contributed by atoms with E-state index in [1.165, 1.54) is 11.1 Å². The van der Waals surface area contributed by atoms with Gasteiger partial charge in [-0.15, -0.1) is 0 Å². The van der Waals surface area contributed by atoms with Crippen molar-refractivity contribution in [3.8, 4) is 0 Å². The summed E-state index contributed by atoms with van der Waals surface area (Å²) in [5.41, 5.74) is 1.79. The van der Waals surface area contributed by atoms with Crippen molar-refractivity contribution in [3.63, 3.8) is 0 Å². The smallest absolute Gasteiger partial charge is 0.225 e. The van der Waals surface area contributed by atoms with Gasteiger partial charge in [-0.05, 0) is 36.5 Å². The summed E-state index contributed by atoms with van der Waals surface area (Å²) in [4.78, 5) is 14.3. The third kappa shape index (κ3) is 2.77. The van der Waals surface area contributed by atoms with Crippen molar-refractivity contribution >= 4 is 21.8 Å². The van der Waals surface area contributed by atoms with E-state index in [2.05, 4.69) is 28.1 Å². The maximum atomic E-state index is 12.4. The number of carbonyl (C=O) groups is 1. The highest BCUT2D eigenvalue weighted by molar-refractivity contribution is 9.10. The molecule has 1 amide bonds. The van der Waals surface area contributed by atoms with Gasteiger partial charge in [0.25, 0.3) is 0 Å². The summed E-state index contributed by atoms with van der Waals surface area (Å²) in [6, 6.07) is 6.16. The number of carbonyl (C=O) groups excluding carboxylic acids is 1. The van der Waals surface area contributed by atoms with Crippen molar-refractivity contribution in [1.29, 1.82) is 0 Å². The van der Waals surface area contributed by atoms with Gasteiger partial charge in [-0.25, -0.2) is 0 Å². The van der Waals surface area contributed by atoms with E-state index in [1.54, 1.807) is 0 Å². The van der Waals surface area contributed by atoms with Crippen LogP contribution in [0, 0.1) is 0 Å². The van der Waals surface area contributed by atoms with Crippen LogP contribution in [0.5, 0.6) is 0 Å². The Morgan fingerprint density at radius 2 is 2.10 bits per heavy atom. The summed E-state index contributed by atoms with van der Waals surface area (Å²) in [6.07, 6.45) is 4.81. The first-order valence-electron chi connectivity index (χ1n) is 7.34. The lowest BCUT2D eigenvalue weighted by molar-refractivity contribution is -0.137. The van der Waals surface area contributed by atoms with Crippen molar-refractivity contribution in [2.24, 2.45) is 0 Å². The normalized spacial score (nSPS) is 20.8. The fraction of sp³-hybridized carbons (Fsp3) is 0.562. The van der Waals surface area contributed by atoms with E-state index in [9.17, 15) is 9.90 Å². The van der Waals surface area contributed by atoms with Crippen molar-refractivity contribution in [2.45, 2.75) is 50.7 Å². The lowest BCUT2D eigenvalue weighted by atomic mass is 9.95. The highest BCUT2D eigenvalue weighted by Crippen LogP contribution is 2.34. The summed E-state index contributed by atoms with van der Waals surface area (Å²) < 4.78 is 1.14. The predicted octanol–water partition coefficient (Wildman–Crippen LogP) is 3.03. The molecule has 3 nitrogen and oxygen atoms in total. The van der Waals surface area contributed by atoms with E-state index in [0.29, 0.717) is 6.54 Å². The van der Waals surface area contributed by atoms with Gasteiger partial charge in [0.05, 0.1) is 12.0 Å². The number of aliphatic hydroxyl groups is 1. The third-order valence-electron chi connectivity index (χ3n) is 4.58. The van der Waals surface area contributed by atoms with Gasteiger partial charge in [0.2, 0.25) is 5.91 Å². The number of benzene rings is 1. The predicted molar refractivity (Wildman–Crippen MR) is 81.3 cm³/mol. The number of fused-ring (bicyclic) bond motifs is 1. The first-order valence-corrected chi connectivity index (χ1v) is 8.13. The van der Waals surface area contributed by atoms with Crippen LogP contribution < -0.4 is 0 Å². The summed E-state index contributed by atoms with van der Waals surface area (Å²) >= 11 is 3.57. The fourth-order valence-electron chi connectivity index (χ4n) is 3.38. The van der Waals surface area contributed by atoms with E-state index >= 15 is 0 Å². The van der Waals surface area contributed by atoms with Gasteiger partial charge in [0, 0.05) is 17.6 Å². The molecule has 0 atom stereocenters. The Bertz CT molecular complexity index is 523. The molecule has 1 aromatic rings. The Morgan fingerprint density at radius 3 is 2.85 bits per heavy atom. The summed E-state index contributed by atoms with van der Waals surface area (Å²) in [7, 11) is 0. The Labute approximate surface area is 128 Å². The largest absolute Gasteiger partial charge is 0.389 e. The topological polar surface area (TPSA) is 40.5 Å². The van der Waals surface area contributed by atoms with Crippen molar-refractivity contribution in [2.75, 3.05) is 6.54 Å². The molecule has 1 aliphatic heterocycles. The Hall–Kier alpha value is -0.870. The van der Waals surface area contributed by atoms with Crippen LogP contribution in [-0.4, -0.2) is 28.1 Å². The molecule has 0 aromatic heterocycles. The van der Waals surface area contributed by atoms with Crippen LogP contribution in [0.2, 0.25) is 0 Å². The molecular weight excluding hydrogens is 318 g/mol. The van der Waals surface area contributed by atoms with Gasteiger partial charge in [-0.1, -0.05) is 40.9 Å². The monoisotopic (exact) mass is 337 g/mol. The van der Waals surface area contributed by atoms with Crippen LogP contribution in [0.1, 0.15) is 43.2 Å². The van der Waals surface area contributed by atoms with Gasteiger partial charge >= 0.3 is 0 Å². The molecule has 0 spiro atoms. The summed E-state index contributed by atoms with van der Waals surface area (Å²) in [5.74, 6) is 0.0972. The molecule has 0 unspecified atom stereocenters. The minimum absolute atomic E-state index is 0.0972. The van der Waals surface area contributed by atoms with Crippen molar-refractivity contribution in [1.82, 2.24) is 4.90 Å². The van der Waals surface area contributed by atoms with E-state index in [4.69, 9.17) is 0 Å². The maximum absolute atomic E-state index is 12.4. The number of amides is 1. The van der Waals surface area contributed by atoms with Gasteiger partial charge < -0.3 is 10.0 Å². The SMILES string of the molecule is O=C(CC1(O)CCCC1)N1CCc2c(Br)cccc2C1. The van der Waals surface area contributed by atoms with Gasteiger partial charge in [-0.3, -0.25) is 4.79 Å². The Morgan fingerprint density at radius 1 is 1.35 bits per heavy atom. The summed E-state index contributed by atoms with van der Waals surface area (Å²) in [6.45, 7) is 1.42. The van der Waals surface area contributed by atoms with Crippen LogP contribution in [-0.2, 0) is 17.8 Å². The quantitative estimate of drug-likeness (QED) is 0.901.